The van der Waals surface area contributed by atoms with E-state index in [4.69, 9.17) is 11.3 Å². The van der Waals surface area contributed by atoms with Gasteiger partial charge in [0.2, 0.25) is 5.91 Å². The summed E-state index contributed by atoms with van der Waals surface area (Å²) in [5.41, 5.74) is 2.01. The molecule has 0 spiro atoms. The standard InChI is InChI=1S/C19H20FIN4O3/c1-22-10-13-4-6-24(7-5-13)17-3-2-14(8-16(17)20)25-12-15(28-19(25)27)11-23-18(26)9-21/h2-3,8,10,15H,4-7,9,11-12H2,(H,23,26)/t15-/m0/s1. The highest BCUT2D eigenvalue weighted by Crippen LogP contribution is 2.30. The van der Waals surface area contributed by atoms with E-state index < -0.39 is 18.0 Å². The van der Waals surface area contributed by atoms with Gasteiger partial charge in [-0.25, -0.2) is 14.0 Å². The highest BCUT2D eigenvalue weighted by Gasteiger charge is 2.33. The lowest BCUT2D eigenvalue weighted by Gasteiger charge is -2.31. The molecular weight excluding hydrogens is 478 g/mol. The zero-order valence-electron chi connectivity index (χ0n) is 15.2. The molecule has 7 nitrogen and oxygen atoms in total. The molecule has 0 saturated carbocycles. The second kappa shape index (κ2) is 9.23. The predicted molar refractivity (Wildman–Crippen MR) is 112 cm³/mol. The summed E-state index contributed by atoms with van der Waals surface area (Å²) in [6, 6.07) is 4.72. The van der Waals surface area contributed by atoms with Gasteiger partial charge in [-0.3, -0.25) is 9.69 Å². The summed E-state index contributed by atoms with van der Waals surface area (Å²) < 4.78 is 20.3. The summed E-state index contributed by atoms with van der Waals surface area (Å²) in [6.45, 7) is 8.69. The number of halogens is 2. The number of nitrogens with zero attached hydrogens (tertiary/aromatic N) is 3. The molecule has 2 heterocycles. The maximum absolute atomic E-state index is 14.7. The monoisotopic (exact) mass is 498 g/mol. The first kappa shape index (κ1) is 20.4. The van der Waals surface area contributed by atoms with Crippen LogP contribution in [-0.4, -0.2) is 48.7 Å². The average Bonchev–Trinajstić information content (AvgIpc) is 3.07. The first-order chi connectivity index (χ1) is 13.5. The summed E-state index contributed by atoms with van der Waals surface area (Å²) in [7, 11) is 0. The molecule has 1 aromatic rings. The number of ether oxygens (including phenoxy) is 1. The maximum Gasteiger partial charge on any atom is 0.414 e. The molecule has 2 aliphatic rings. The summed E-state index contributed by atoms with van der Waals surface area (Å²) in [6.07, 6.45) is 2.03. The van der Waals surface area contributed by atoms with Crippen molar-refractivity contribution in [3.05, 3.63) is 47.2 Å². The fraction of sp³-hybridized carbons (Fsp3) is 0.421. The number of benzene rings is 1. The summed E-state index contributed by atoms with van der Waals surface area (Å²) in [5, 5.41) is 2.69. The zero-order valence-corrected chi connectivity index (χ0v) is 17.3. The van der Waals surface area contributed by atoms with Gasteiger partial charge in [0.15, 0.2) is 6.20 Å². The number of anilines is 2. The second-order valence-electron chi connectivity index (χ2n) is 6.59. The van der Waals surface area contributed by atoms with Crippen molar-refractivity contribution in [2.45, 2.75) is 18.9 Å². The predicted octanol–water partition coefficient (Wildman–Crippen LogP) is 3.11. The highest BCUT2D eigenvalue weighted by molar-refractivity contribution is 14.1. The number of hydrogen-bond donors (Lipinski definition) is 1. The first-order valence-corrected chi connectivity index (χ1v) is 10.4. The Balaban J connectivity index is 1.64. The number of hydrogen-bond acceptors (Lipinski definition) is 4. The van der Waals surface area contributed by atoms with Crippen LogP contribution in [0.25, 0.3) is 4.85 Å². The van der Waals surface area contributed by atoms with E-state index in [1.165, 1.54) is 11.0 Å². The van der Waals surface area contributed by atoms with E-state index in [-0.39, 0.29) is 19.0 Å². The van der Waals surface area contributed by atoms with Crippen LogP contribution < -0.4 is 15.1 Å². The largest absolute Gasteiger partial charge is 0.442 e. The summed E-state index contributed by atoms with van der Waals surface area (Å²) in [4.78, 5) is 30.1. The lowest BCUT2D eigenvalue weighted by Crippen LogP contribution is -2.35. The van der Waals surface area contributed by atoms with Crippen LogP contribution in [0.5, 0.6) is 0 Å². The maximum atomic E-state index is 14.7. The second-order valence-corrected chi connectivity index (χ2v) is 7.36. The Kier molecular flexibility index (Phi) is 6.72. The van der Waals surface area contributed by atoms with Gasteiger partial charge in [-0.15, -0.1) is 0 Å². The van der Waals surface area contributed by atoms with Gasteiger partial charge in [-0.05, 0) is 31.0 Å². The van der Waals surface area contributed by atoms with Gasteiger partial charge in [0.25, 0.3) is 0 Å². The number of nitrogens with one attached hydrogen (secondary N) is 1. The van der Waals surface area contributed by atoms with Crippen molar-refractivity contribution in [3.8, 4) is 0 Å². The molecule has 1 atom stereocenters. The molecule has 0 aliphatic carbocycles. The lowest BCUT2D eigenvalue weighted by atomic mass is 10.0. The smallest absolute Gasteiger partial charge is 0.414 e. The topological polar surface area (TPSA) is 66.2 Å². The van der Waals surface area contributed by atoms with Crippen LogP contribution in [0.3, 0.4) is 0 Å². The minimum atomic E-state index is -0.548. The van der Waals surface area contributed by atoms with Crippen LogP contribution in [0.1, 0.15) is 12.8 Å². The number of piperidine rings is 1. The fourth-order valence-corrected chi connectivity index (χ4v) is 3.56. The van der Waals surface area contributed by atoms with Crippen LogP contribution in [0.4, 0.5) is 20.6 Å². The van der Waals surface area contributed by atoms with Crippen molar-refractivity contribution in [3.63, 3.8) is 0 Å². The summed E-state index contributed by atoms with van der Waals surface area (Å²) in [5.74, 6) is -0.522. The molecule has 3 rings (SSSR count). The Morgan fingerprint density at radius 3 is 2.82 bits per heavy atom. The Morgan fingerprint density at radius 2 is 2.18 bits per heavy atom. The van der Waals surface area contributed by atoms with E-state index in [9.17, 15) is 14.0 Å². The van der Waals surface area contributed by atoms with Crippen molar-refractivity contribution in [2.24, 2.45) is 0 Å². The molecular formula is C19H20FIN4O3. The van der Waals surface area contributed by atoms with Crippen LogP contribution >= 0.6 is 22.6 Å². The number of carbonyl (C=O) groups excluding carboxylic acids is 2. The van der Waals surface area contributed by atoms with Crippen LogP contribution in [-0.2, 0) is 9.53 Å². The summed E-state index contributed by atoms with van der Waals surface area (Å²) >= 11 is 1.96. The van der Waals surface area contributed by atoms with Gasteiger partial charge < -0.3 is 15.0 Å². The fourth-order valence-electron chi connectivity index (χ4n) is 3.29. The minimum absolute atomic E-state index is 0.124. The lowest BCUT2D eigenvalue weighted by molar-refractivity contribution is -0.118. The molecule has 0 aromatic heterocycles. The van der Waals surface area contributed by atoms with E-state index >= 15 is 0 Å². The van der Waals surface area contributed by atoms with Gasteiger partial charge in [-0.1, -0.05) is 28.2 Å². The Hall–Kier alpha value is -2.35. The van der Waals surface area contributed by atoms with Crippen molar-refractivity contribution in [1.82, 2.24) is 5.32 Å². The third-order valence-corrected chi connectivity index (χ3v) is 5.45. The number of amides is 2. The normalized spacial score (nSPS) is 19.2. The van der Waals surface area contributed by atoms with Crippen LogP contribution in [0, 0.1) is 12.4 Å². The molecule has 28 heavy (non-hydrogen) atoms. The van der Waals surface area contributed by atoms with Crippen molar-refractivity contribution in [1.29, 1.82) is 0 Å². The molecule has 2 aliphatic heterocycles. The third-order valence-electron chi connectivity index (χ3n) is 4.76. The molecule has 2 saturated heterocycles. The molecule has 148 valence electrons. The van der Waals surface area contributed by atoms with Gasteiger partial charge in [-0.2, -0.15) is 0 Å². The van der Waals surface area contributed by atoms with Crippen LogP contribution in [0.15, 0.2) is 30.0 Å². The van der Waals surface area contributed by atoms with E-state index in [1.807, 2.05) is 27.5 Å². The van der Waals surface area contributed by atoms with Gasteiger partial charge in [0, 0.05) is 13.1 Å². The molecule has 2 fully saturated rings. The van der Waals surface area contributed by atoms with E-state index in [2.05, 4.69) is 10.2 Å². The molecule has 0 unspecified atom stereocenters. The number of carbonyl (C=O) groups is 2. The average molecular weight is 498 g/mol. The molecule has 0 bridgehead atoms. The van der Waals surface area contributed by atoms with Crippen LogP contribution in [0.2, 0.25) is 0 Å². The Labute approximate surface area is 176 Å². The van der Waals surface area contributed by atoms with E-state index in [1.54, 1.807) is 18.3 Å². The quantitative estimate of drug-likeness (QED) is 0.385. The van der Waals surface area contributed by atoms with Crippen molar-refractivity contribution < 1.29 is 18.7 Å². The Bertz CT molecular complexity index is 829. The number of alkyl halides is 1. The number of rotatable bonds is 5. The minimum Gasteiger partial charge on any atom is -0.442 e. The van der Waals surface area contributed by atoms with Gasteiger partial charge >= 0.3 is 6.09 Å². The Morgan fingerprint density at radius 1 is 1.43 bits per heavy atom. The van der Waals surface area contributed by atoms with Gasteiger partial charge in [0.1, 0.15) is 11.9 Å². The van der Waals surface area contributed by atoms with Crippen molar-refractivity contribution >= 4 is 46.0 Å². The van der Waals surface area contributed by atoms with Gasteiger partial charge in [0.05, 0.1) is 35.5 Å². The highest BCUT2D eigenvalue weighted by atomic mass is 127. The third kappa shape index (κ3) is 4.73. The molecule has 2 amide bonds. The molecule has 1 N–H and O–H groups in total. The SMILES string of the molecule is [C-]#[N+]C=C1CCN(c2ccc(N3C[C@H](CNC(=O)CI)OC3=O)cc2F)CC1. The molecule has 1 aromatic carbocycles. The number of cyclic esters (lactones) is 1. The van der Waals surface area contributed by atoms with Crippen molar-refractivity contribution in [2.75, 3.05) is 40.4 Å². The van der Waals surface area contributed by atoms with E-state index in [0.717, 1.165) is 18.4 Å². The van der Waals surface area contributed by atoms with E-state index in [0.29, 0.717) is 28.9 Å². The molecule has 9 heteroatoms. The zero-order chi connectivity index (χ0) is 20.1. The first-order valence-electron chi connectivity index (χ1n) is 8.91. The molecule has 0 radical (unpaired) electrons.